The van der Waals surface area contributed by atoms with Gasteiger partial charge in [0, 0.05) is 20.6 Å². The number of methoxy groups -OCH3 is 2. The van der Waals surface area contributed by atoms with E-state index in [9.17, 15) is 18.9 Å². The van der Waals surface area contributed by atoms with Crippen LogP contribution in [0.5, 0.6) is 0 Å². The van der Waals surface area contributed by atoms with Crippen LogP contribution in [0.1, 0.15) is 32.6 Å². The molecule has 10 nitrogen and oxygen atoms in total. The maximum atomic E-state index is 11.7. The lowest BCUT2D eigenvalue weighted by Crippen LogP contribution is -2.07. The fourth-order valence-corrected chi connectivity index (χ4v) is 1.84. The summed E-state index contributed by atoms with van der Waals surface area (Å²) in [6.45, 7) is 1.98. The van der Waals surface area contributed by atoms with E-state index in [1.165, 1.54) is 0 Å². The Hall–Kier alpha value is -1.90. The molecule has 0 saturated carbocycles. The number of phosphoric ester groups is 1. The highest BCUT2D eigenvalue weighted by atomic mass is 31.2. The van der Waals surface area contributed by atoms with Crippen molar-refractivity contribution >= 4 is 25.7 Å². The number of ether oxygens (including phenoxy) is 2. The lowest BCUT2D eigenvalue weighted by atomic mass is 10.3. The molecule has 0 rings (SSSR count). The third kappa shape index (κ3) is 14.2. The van der Waals surface area contributed by atoms with E-state index in [4.69, 9.17) is 9.63 Å². The SMILES string of the molecule is CCCCC(=O)O.COC(=O)/C=C(/CC(=O)OC)OP(=O)(OC)OC. The highest BCUT2D eigenvalue weighted by Crippen LogP contribution is 2.50. The van der Waals surface area contributed by atoms with Crippen molar-refractivity contribution in [2.45, 2.75) is 32.6 Å². The Morgan fingerprint density at radius 3 is 1.92 bits per heavy atom. The second kappa shape index (κ2) is 14.4. The molecule has 0 aliphatic heterocycles. The molecular weight excluding hydrogens is 359 g/mol. The quantitative estimate of drug-likeness (QED) is 0.259. The van der Waals surface area contributed by atoms with Crippen LogP contribution in [-0.2, 0) is 42.0 Å². The Bertz CT molecular complexity index is 492. The number of esters is 2. The fraction of sp³-hybridized carbons (Fsp3) is 0.643. The Kier molecular flexibility index (Phi) is 14.6. The number of carbonyl (C=O) groups excluding carboxylic acids is 2. The zero-order valence-electron chi connectivity index (χ0n) is 15.0. The molecule has 0 aliphatic carbocycles. The summed E-state index contributed by atoms with van der Waals surface area (Å²) in [6.07, 6.45) is 2.52. The van der Waals surface area contributed by atoms with Crippen LogP contribution in [0.2, 0.25) is 0 Å². The second-order valence-corrected chi connectivity index (χ2v) is 6.09. The first-order chi connectivity index (χ1) is 11.7. The number of hydrogen-bond acceptors (Lipinski definition) is 9. The van der Waals surface area contributed by atoms with E-state index in [1.54, 1.807) is 0 Å². The van der Waals surface area contributed by atoms with Crippen molar-refractivity contribution in [2.24, 2.45) is 0 Å². The number of phosphoric acid groups is 1. The van der Waals surface area contributed by atoms with Crippen molar-refractivity contribution in [3.63, 3.8) is 0 Å². The molecule has 0 aromatic heterocycles. The molecule has 0 radical (unpaired) electrons. The van der Waals surface area contributed by atoms with Gasteiger partial charge in [-0.1, -0.05) is 13.3 Å². The molecule has 0 aliphatic rings. The highest BCUT2D eigenvalue weighted by molar-refractivity contribution is 7.48. The zero-order chi connectivity index (χ0) is 19.9. The number of unbranched alkanes of at least 4 members (excludes halogenated alkanes) is 1. The normalized spacial score (nSPS) is 11.0. The maximum Gasteiger partial charge on any atom is 0.529 e. The summed E-state index contributed by atoms with van der Waals surface area (Å²) in [5, 5.41) is 8.04. The predicted octanol–water partition coefficient (Wildman–Crippen LogP) is 2.29. The third-order valence-corrected chi connectivity index (χ3v) is 3.80. The standard InChI is InChI=1S/C9H15O8P.C5H10O2/c1-13-8(10)5-7(6-9(11)14-2)17-18(12,15-3)16-4;1-2-3-4-5(6)7/h5H,6H2,1-4H3;2-4H2,1H3,(H,6,7)/b7-5-;. The Morgan fingerprint density at radius 2 is 1.60 bits per heavy atom. The molecule has 0 atom stereocenters. The number of carboxylic acid groups (broad SMARTS) is 1. The van der Waals surface area contributed by atoms with E-state index in [-0.39, 0.29) is 5.76 Å². The monoisotopic (exact) mass is 384 g/mol. The second-order valence-electron chi connectivity index (χ2n) is 4.29. The molecule has 0 aromatic rings. The number of rotatable bonds is 10. The average molecular weight is 384 g/mol. The molecule has 0 heterocycles. The lowest BCUT2D eigenvalue weighted by Gasteiger charge is -2.15. The number of carbonyl (C=O) groups is 3. The molecule has 0 amide bonds. The molecule has 146 valence electrons. The summed E-state index contributed by atoms with van der Waals surface area (Å²) in [6, 6.07) is 0. The van der Waals surface area contributed by atoms with Crippen molar-refractivity contribution < 1.29 is 47.1 Å². The number of aliphatic carboxylic acids is 1. The molecule has 25 heavy (non-hydrogen) atoms. The van der Waals surface area contributed by atoms with Gasteiger partial charge in [-0.05, 0) is 6.42 Å². The Morgan fingerprint density at radius 1 is 1.04 bits per heavy atom. The topological polar surface area (TPSA) is 135 Å². The van der Waals surface area contributed by atoms with Gasteiger partial charge >= 0.3 is 25.7 Å². The van der Waals surface area contributed by atoms with Gasteiger partial charge in [0.15, 0.2) is 0 Å². The van der Waals surface area contributed by atoms with E-state index in [0.717, 1.165) is 47.4 Å². The smallest absolute Gasteiger partial charge is 0.481 e. The molecule has 0 spiro atoms. The average Bonchev–Trinajstić information content (AvgIpc) is 2.59. The van der Waals surface area contributed by atoms with Crippen LogP contribution in [0.3, 0.4) is 0 Å². The lowest BCUT2D eigenvalue weighted by molar-refractivity contribution is -0.140. The zero-order valence-corrected chi connectivity index (χ0v) is 15.9. The van der Waals surface area contributed by atoms with Gasteiger partial charge in [-0.2, -0.15) is 0 Å². The van der Waals surface area contributed by atoms with Crippen molar-refractivity contribution in [1.82, 2.24) is 0 Å². The first kappa shape index (κ1) is 25.3. The number of hydrogen-bond donors (Lipinski definition) is 1. The van der Waals surface area contributed by atoms with Crippen LogP contribution in [0.25, 0.3) is 0 Å². The molecular formula is C14H25O10P. The summed E-state index contributed by atoms with van der Waals surface area (Å²) < 4.78 is 34.3. The van der Waals surface area contributed by atoms with Crippen LogP contribution in [-0.4, -0.2) is 51.5 Å². The molecule has 0 saturated heterocycles. The van der Waals surface area contributed by atoms with Gasteiger partial charge in [0.25, 0.3) is 0 Å². The van der Waals surface area contributed by atoms with Crippen molar-refractivity contribution in [3.05, 3.63) is 11.8 Å². The highest BCUT2D eigenvalue weighted by Gasteiger charge is 2.27. The van der Waals surface area contributed by atoms with Gasteiger partial charge in [0.2, 0.25) is 0 Å². The molecule has 0 unspecified atom stereocenters. The van der Waals surface area contributed by atoms with Crippen molar-refractivity contribution in [1.29, 1.82) is 0 Å². The third-order valence-electron chi connectivity index (χ3n) is 2.45. The Balaban J connectivity index is 0. The minimum atomic E-state index is -3.85. The van der Waals surface area contributed by atoms with Gasteiger partial charge in [-0.25, -0.2) is 9.36 Å². The van der Waals surface area contributed by atoms with Gasteiger partial charge in [0.05, 0.1) is 20.3 Å². The molecule has 11 heteroatoms. The predicted molar refractivity (Wildman–Crippen MR) is 86.6 cm³/mol. The van der Waals surface area contributed by atoms with Crippen molar-refractivity contribution in [3.8, 4) is 0 Å². The molecule has 0 aromatic carbocycles. The van der Waals surface area contributed by atoms with E-state index in [1.807, 2.05) is 6.92 Å². The number of carboxylic acids is 1. The fourth-order valence-electron chi connectivity index (χ4n) is 1.14. The van der Waals surface area contributed by atoms with E-state index in [2.05, 4.69) is 18.5 Å². The van der Waals surface area contributed by atoms with Crippen LogP contribution in [0.4, 0.5) is 0 Å². The summed E-state index contributed by atoms with van der Waals surface area (Å²) in [5.74, 6) is -2.42. The first-order valence-corrected chi connectivity index (χ1v) is 8.62. The van der Waals surface area contributed by atoms with Crippen LogP contribution in [0.15, 0.2) is 11.8 Å². The molecule has 0 fully saturated rings. The van der Waals surface area contributed by atoms with Gasteiger partial charge in [-0.15, -0.1) is 0 Å². The summed E-state index contributed by atoms with van der Waals surface area (Å²) in [7, 11) is 0.633. The summed E-state index contributed by atoms with van der Waals surface area (Å²) in [4.78, 5) is 31.9. The molecule has 0 bridgehead atoms. The Labute approximate surface area is 146 Å². The first-order valence-electron chi connectivity index (χ1n) is 7.16. The van der Waals surface area contributed by atoms with E-state index >= 15 is 0 Å². The van der Waals surface area contributed by atoms with Crippen molar-refractivity contribution in [2.75, 3.05) is 28.4 Å². The van der Waals surface area contributed by atoms with E-state index in [0.29, 0.717) is 6.42 Å². The van der Waals surface area contributed by atoms with Gasteiger partial charge in [-0.3, -0.25) is 18.6 Å². The van der Waals surface area contributed by atoms with E-state index < -0.39 is 32.2 Å². The largest absolute Gasteiger partial charge is 0.529 e. The van der Waals surface area contributed by atoms with Crippen LogP contribution < -0.4 is 0 Å². The van der Waals surface area contributed by atoms with Gasteiger partial charge < -0.3 is 19.1 Å². The van der Waals surface area contributed by atoms with Gasteiger partial charge in [0.1, 0.15) is 12.2 Å². The summed E-state index contributed by atoms with van der Waals surface area (Å²) in [5.41, 5.74) is 0. The van der Waals surface area contributed by atoms with Crippen LogP contribution >= 0.6 is 7.82 Å². The molecule has 1 N–H and O–H groups in total. The minimum absolute atomic E-state index is 0.249. The minimum Gasteiger partial charge on any atom is -0.481 e. The maximum absolute atomic E-state index is 11.7. The summed E-state index contributed by atoms with van der Waals surface area (Å²) >= 11 is 0. The van der Waals surface area contributed by atoms with Crippen LogP contribution in [0, 0.1) is 0 Å².